The van der Waals surface area contributed by atoms with Crippen LogP contribution in [-0.2, 0) is 9.59 Å². The zero-order chi connectivity index (χ0) is 17.4. The molecule has 0 spiro atoms. The van der Waals surface area contributed by atoms with Crippen molar-refractivity contribution in [3.63, 3.8) is 0 Å². The number of ether oxygens (including phenoxy) is 1. The number of nitrogens with two attached hydrogens (primary N) is 1. The summed E-state index contributed by atoms with van der Waals surface area (Å²) in [5.74, 6) is -1.65. The van der Waals surface area contributed by atoms with Crippen LogP contribution in [0.3, 0.4) is 0 Å². The largest absolute Gasteiger partial charge is 0.494 e. The number of carboxylic acid groups (broad SMARTS) is 1. The predicted molar refractivity (Wildman–Crippen MR) is 81.4 cm³/mol. The number of amides is 1. The Labute approximate surface area is 131 Å². The number of carbonyl (C=O) groups is 2. The highest BCUT2D eigenvalue weighted by atomic mass is 16.6. The van der Waals surface area contributed by atoms with Gasteiger partial charge < -0.3 is 26.2 Å². The van der Waals surface area contributed by atoms with Gasteiger partial charge >= 0.3 is 5.97 Å². The Bertz CT molecular complexity index is 592. The van der Waals surface area contributed by atoms with E-state index in [1.165, 1.54) is 19.2 Å². The lowest BCUT2D eigenvalue weighted by Crippen LogP contribution is -2.41. The molecule has 1 aromatic carbocycles. The summed E-state index contributed by atoms with van der Waals surface area (Å²) >= 11 is 0. The van der Waals surface area contributed by atoms with Crippen molar-refractivity contribution in [2.24, 2.45) is 5.73 Å². The Kier molecular flexibility index (Phi) is 6.90. The van der Waals surface area contributed by atoms with Gasteiger partial charge in [-0.25, -0.2) is 0 Å². The fourth-order valence-corrected chi connectivity index (χ4v) is 1.79. The smallest absolute Gasteiger partial charge is 0.321 e. The van der Waals surface area contributed by atoms with Crippen molar-refractivity contribution in [3.05, 3.63) is 28.3 Å². The van der Waals surface area contributed by atoms with Gasteiger partial charge in [0, 0.05) is 19.2 Å². The van der Waals surface area contributed by atoms with E-state index >= 15 is 0 Å². The van der Waals surface area contributed by atoms with E-state index in [0.29, 0.717) is 0 Å². The standard InChI is InChI=1S/C13H18N4O6/c1-23-11-6-8(17(21)22)2-3-9(11)16-12(18)7-10(13(19)20)15-5-4-14/h2-3,6,10,15H,4-5,7,14H2,1H3,(H,16,18)(H,19,20)/t10-/m0/s1. The molecule has 0 saturated carbocycles. The van der Waals surface area contributed by atoms with E-state index in [9.17, 15) is 19.7 Å². The summed E-state index contributed by atoms with van der Waals surface area (Å²) in [5.41, 5.74) is 5.31. The number of rotatable bonds is 9. The summed E-state index contributed by atoms with van der Waals surface area (Å²) in [7, 11) is 1.30. The summed E-state index contributed by atoms with van der Waals surface area (Å²) in [6.45, 7) is 0.493. The van der Waals surface area contributed by atoms with Crippen LogP contribution in [0.1, 0.15) is 6.42 Å². The lowest BCUT2D eigenvalue weighted by molar-refractivity contribution is -0.384. The van der Waals surface area contributed by atoms with Gasteiger partial charge in [0.15, 0.2) is 0 Å². The number of carboxylic acids is 1. The normalized spacial score (nSPS) is 11.6. The third-order valence-corrected chi connectivity index (χ3v) is 2.89. The van der Waals surface area contributed by atoms with Crippen LogP contribution >= 0.6 is 0 Å². The summed E-state index contributed by atoms with van der Waals surface area (Å²) in [6, 6.07) is 2.61. The van der Waals surface area contributed by atoms with Gasteiger partial charge in [0.25, 0.3) is 5.69 Å². The minimum absolute atomic E-state index is 0.106. The van der Waals surface area contributed by atoms with Crippen molar-refractivity contribution in [3.8, 4) is 5.75 Å². The molecule has 1 aromatic rings. The molecule has 0 aliphatic carbocycles. The highest BCUT2D eigenvalue weighted by molar-refractivity contribution is 5.95. The first kappa shape index (κ1) is 18.3. The van der Waals surface area contributed by atoms with E-state index in [-0.39, 0.29) is 36.6 Å². The molecule has 0 aliphatic heterocycles. The molecule has 0 fully saturated rings. The van der Waals surface area contributed by atoms with Crippen LogP contribution in [-0.4, -0.2) is 48.1 Å². The lowest BCUT2D eigenvalue weighted by Gasteiger charge is -2.14. The molecule has 0 unspecified atom stereocenters. The van der Waals surface area contributed by atoms with Crippen molar-refractivity contribution in [1.29, 1.82) is 0 Å². The highest BCUT2D eigenvalue weighted by Crippen LogP contribution is 2.29. The van der Waals surface area contributed by atoms with Gasteiger partial charge in [0.2, 0.25) is 5.91 Å². The monoisotopic (exact) mass is 326 g/mol. The van der Waals surface area contributed by atoms with E-state index in [1.54, 1.807) is 0 Å². The fourth-order valence-electron chi connectivity index (χ4n) is 1.79. The fraction of sp³-hybridized carbons (Fsp3) is 0.385. The maximum absolute atomic E-state index is 11.9. The predicted octanol–water partition coefficient (Wildman–Crippen LogP) is -0.0665. The van der Waals surface area contributed by atoms with E-state index in [0.717, 1.165) is 6.07 Å². The molecular formula is C13H18N4O6. The highest BCUT2D eigenvalue weighted by Gasteiger charge is 2.21. The summed E-state index contributed by atoms with van der Waals surface area (Å²) < 4.78 is 4.99. The molecule has 10 heteroatoms. The second kappa shape index (κ2) is 8.66. The molecule has 0 aliphatic rings. The zero-order valence-corrected chi connectivity index (χ0v) is 12.4. The maximum atomic E-state index is 11.9. The molecule has 126 valence electrons. The molecule has 5 N–H and O–H groups in total. The first-order valence-corrected chi connectivity index (χ1v) is 6.67. The average Bonchev–Trinajstić information content (AvgIpc) is 2.51. The van der Waals surface area contributed by atoms with Crippen LogP contribution in [0.25, 0.3) is 0 Å². The Morgan fingerprint density at radius 1 is 1.48 bits per heavy atom. The molecule has 1 atom stereocenters. The van der Waals surface area contributed by atoms with Crippen LogP contribution < -0.4 is 21.1 Å². The van der Waals surface area contributed by atoms with Gasteiger partial charge in [-0.3, -0.25) is 19.7 Å². The van der Waals surface area contributed by atoms with Gasteiger partial charge in [0.1, 0.15) is 11.8 Å². The molecule has 0 saturated heterocycles. The number of benzene rings is 1. The topological polar surface area (TPSA) is 157 Å². The summed E-state index contributed by atoms with van der Waals surface area (Å²) in [4.78, 5) is 33.1. The van der Waals surface area contributed by atoms with Crippen molar-refractivity contribution in [1.82, 2.24) is 5.32 Å². The molecule has 1 rings (SSSR count). The number of methoxy groups -OCH3 is 1. The second-order valence-corrected chi connectivity index (χ2v) is 4.53. The van der Waals surface area contributed by atoms with Gasteiger partial charge in [-0.2, -0.15) is 0 Å². The van der Waals surface area contributed by atoms with E-state index in [1.807, 2.05) is 0 Å². The van der Waals surface area contributed by atoms with Crippen molar-refractivity contribution < 1.29 is 24.4 Å². The number of nitro groups is 1. The summed E-state index contributed by atoms with van der Waals surface area (Å²) in [6.07, 6.45) is -0.324. The maximum Gasteiger partial charge on any atom is 0.321 e. The molecule has 0 bridgehead atoms. The molecule has 0 aromatic heterocycles. The third kappa shape index (κ3) is 5.52. The Balaban J connectivity index is 2.79. The van der Waals surface area contributed by atoms with Crippen molar-refractivity contribution in [2.45, 2.75) is 12.5 Å². The van der Waals surface area contributed by atoms with Gasteiger partial charge in [-0.1, -0.05) is 0 Å². The Morgan fingerprint density at radius 3 is 2.70 bits per heavy atom. The number of nitro benzene ring substituents is 1. The first-order valence-electron chi connectivity index (χ1n) is 6.67. The second-order valence-electron chi connectivity index (χ2n) is 4.53. The minimum Gasteiger partial charge on any atom is -0.494 e. The molecule has 0 heterocycles. The third-order valence-electron chi connectivity index (χ3n) is 2.89. The Hall–Kier alpha value is -2.72. The lowest BCUT2D eigenvalue weighted by atomic mass is 10.2. The van der Waals surface area contributed by atoms with E-state index in [4.69, 9.17) is 15.6 Å². The molecule has 10 nitrogen and oxygen atoms in total. The molecule has 23 heavy (non-hydrogen) atoms. The van der Waals surface area contributed by atoms with E-state index < -0.39 is 22.8 Å². The number of hydrogen-bond acceptors (Lipinski definition) is 7. The summed E-state index contributed by atoms with van der Waals surface area (Å²) in [5, 5.41) is 24.8. The SMILES string of the molecule is COc1cc([N+](=O)[O-])ccc1NC(=O)C[C@H](NCCN)C(=O)O. The first-order chi connectivity index (χ1) is 10.9. The van der Waals surface area contributed by atoms with Gasteiger partial charge in [-0.15, -0.1) is 0 Å². The van der Waals surface area contributed by atoms with E-state index in [2.05, 4.69) is 10.6 Å². The number of hydrogen-bond donors (Lipinski definition) is 4. The number of anilines is 1. The number of non-ortho nitro benzene ring substituents is 1. The Morgan fingerprint density at radius 2 is 2.17 bits per heavy atom. The van der Waals surface area contributed by atoms with Crippen LogP contribution in [0.4, 0.5) is 11.4 Å². The van der Waals surface area contributed by atoms with Crippen LogP contribution in [0, 0.1) is 10.1 Å². The van der Waals surface area contributed by atoms with Crippen molar-refractivity contribution >= 4 is 23.3 Å². The number of carbonyl (C=O) groups excluding carboxylic acids is 1. The number of nitrogens with zero attached hydrogens (tertiary/aromatic N) is 1. The van der Waals surface area contributed by atoms with Crippen LogP contribution in [0.15, 0.2) is 18.2 Å². The number of nitrogens with one attached hydrogen (secondary N) is 2. The van der Waals surface area contributed by atoms with Crippen molar-refractivity contribution in [2.75, 3.05) is 25.5 Å². The van der Waals surface area contributed by atoms with Gasteiger partial charge in [0.05, 0.1) is 30.2 Å². The average molecular weight is 326 g/mol. The van der Waals surface area contributed by atoms with Crippen LogP contribution in [0.2, 0.25) is 0 Å². The molecular weight excluding hydrogens is 308 g/mol. The van der Waals surface area contributed by atoms with Gasteiger partial charge in [-0.05, 0) is 6.07 Å². The quantitative estimate of drug-likeness (QED) is 0.363. The molecule has 1 amide bonds. The number of aliphatic carboxylic acids is 1. The zero-order valence-electron chi connectivity index (χ0n) is 12.4. The van der Waals surface area contributed by atoms with Crippen LogP contribution in [0.5, 0.6) is 5.75 Å². The minimum atomic E-state index is -1.18. The molecule has 0 radical (unpaired) electrons.